The molecule has 27 heavy (non-hydrogen) atoms. The minimum Gasteiger partial charge on any atom is -0.292 e. The van der Waals surface area contributed by atoms with Crippen LogP contribution in [0.4, 0.5) is 22.0 Å². The average Bonchev–Trinajstić information content (AvgIpc) is 2.42. The van der Waals surface area contributed by atoms with Crippen LogP contribution in [0.3, 0.4) is 0 Å². The lowest BCUT2D eigenvalue weighted by Gasteiger charge is -2.56. The Morgan fingerprint density at radius 3 is 1.59 bits per heavy atom. The highest BCUT2D eigenvalue weighted by Gasteiger charge is 2.60. The van der Waals surface area contributed by atoms with E-state index in [-0.39, 0.29) is 0 Å². The molecule has 5 nitrogen and oxygen atoms in total. The number of carbonyl (C=O) groups is 1. The van der Waals surface area contributed by atoms with E-state index in [0.29, 0.717) is 37.0 Å². The summed E-state index contributed by atoms with van der Waals surface area (Å²) >= 11 is 0. The van der Waals surface area contributed by atoms with Crippen LogP contribution in [0.5, 0.6) is 0 Å². The van der Waals surface area contributed by atoms with E-state index in [9.17, 15) is 43.6 Å². The fourth-order valence-corrected chi connectivity index (χ4v) is 8.65. The second-order valence-corrected chi connectivity index (χ2v) is 12.7. The lowest BCUT2D eigenvalue weighted by Crippen LogP contribution is -2.50. The molecule has 0 atom stereocenters. The number of carbonyl (C=O) groups excluding carboxylic acids is 1. The van der Waals surface area contributed by atoms with Crippen molar-refractivity contribution in [1.82, 2.24) is 0 Å². The molecule has 0 saturated heterocycles. The molecule has 156 valence electrons. The molecule has 0 N–H and O–H groups in total. The smallest absolute Gasteiger partial charge is 0.292 e. The minimum absolute atomic E-state index is 0.292. The molecule has 4 saturated carbocycles. The Balaban J connectivity index is 1.79. The Morgan fingerprint density at radius 1 is 0.815 bits per heavy atom. The van der Waals surface area contributed by atoms with Crippen molar-refractivity contribution in [2.75, 3.05) is 5.08 Å². The van der Waals surface area contributed by atoms with Crippen molar-refractivity contribution in [2.45, 2.75) is 55.7 Å². The van der Waals surface area contributed by atoms with Gasteiger partial charge in [-0.1, -0.05) is 0 Å². The largest absolute Gasteiger partial charge is 0.498 e. The van der Waals surface area contributed by atoms with Crippen molar-refractivity contribution in [3.8, 4) is 0 Å². The van der Waals surface area contributed by atoms with Crippen LogP contribution in [-0.2, 0) is 24.5 Å². The molecule has 4 fully saturated rings. The maximum atomic E-state index is 14.2. The van der Waals surface area contributed by atoms with Gasteiger partial charge in [0.05, 0.1) is 0 Å². The van der Waals surface area contributed by atoms with E-state index >= 15 is 0 Å². The van der Waals surface area contributed by atoms with Crippen LogP contribution in [0.1, 0.15) is 44.9 Å². The van der Waals surface area contributed by atoms with Crippen LogP contribution in [-0.4, -0.2) is 38.5 Å². The Hall–Kier alpha value is -0.780. The molecule has 4 aliphatic rings. The minimum atomic E-state index is -6.35. The maximum Gasteiger partial charge on any atom is 0.498 e. The molecule has 12 heteroatoms. The van der Waals surface area contributed by atoms with Gasteiger partial charge in [-0.05, 0) is 61.7 Å². The first-order valence-corrected chi connectivity index (χ1v) is 11.8. The Morgan fingerprint density at radius 2 is 1.22 bits per heavy atom. The van der Waals surface area contributed by atoms with Crippen LogP contribution in [0.25, 0.3) is 0 Å². The molecule has 0 aromatic rings. The SMILES string of the molecule is O=C(CC12CC3CC(CC(C3)C1)C2)C(F)(F)S(=O)(=O)CS(=O)(=O)C(F)(F)F. The van der Waals surface area contributed by atoms with Crippen LogP contribution >= 0.6 is 0 Å². The summed E-state index contributed by atoms with van der Waals surface area (Å²) < 4.78 is 111. The monoisotopic (exact) mass is 438 g/mol. The van der Waals surface area contributed by atoms with Crippen molar-refractivity contribution in [3.63, 3.8) is 0 Å². The highest BCUT2D eigenvalue weighted by atomic mass is 32.3. The van der Waals surface area contributed by atoms with Gasteiger partial charge in [-0.2, -0.15) is 22.0 Å². The third-order valence-electron chi connectivity index (χ3n) is 6.08. The zero-order valence-electron chi connectivity index (χ0n) is 14.1. The van der Waals surface area contributed by atoms with Crippen molar-refractivity contribution >= 4 is 25.5 Å². The van der Waals surface area contributed by atoms with Crippen LogP contribution in [0.2, 0.25) is 0 Å². The van der Waals surface area contributed by atoms with Gasteiger partial charge < -0.3 is 0 Å². The average molecular weight is 438 g/mol. The fraction of sp³-hybridized carbons (Fsp3) is 0.933. The van der Waals surface area contributed by atoms with Gasteiger partial charge in [0.1, 0.15) is 0 Å². The van der Waals surface area contributed by atoms with E-state index in [4.69, 9.17) is 0 Å². The number of sulfone groups is 2. The van der Waals surface area contributed by atoms with Gasteiger partial charge in [0.15, 0.2) is 5.08 Å². The highest BCUT2D eigenvalue weighted by molar-refractivity contribution is 8.09. The molecule has 0 heterocycles. The first kappa shape index (κ1) is 20.9. The summed E-state index contributed by atoms with van der Waals surface area (Å²) in [6.45, 7) is 0. The lowest BCUT2D eigenvalue weighted by atomic mass is 9.48. The van der Waals surface area contributed by atoms with E-state index in [2.05, 4.69) is 0 Å². The summed E-state index contributed by atoms with van der Waals surface area (Å²) in [6, 6.07) is 0. The number of hydrogen-bond donors (Lipinski definition) is 0. The maximum absolute atomic E-state index is 14.2. The number of alkyl halides is 5. The van der Waals surface area contributed by atoms with E-state index in [1.165, 1.54) is 0 Å². The van der Waals surface area contributed by atoms with E-state index in [1.807, 2.05) is 0 Å². The standard InChI is InChI=1S/C15H19F5O5S2/c16-14(17,26(22,23)8-27(24,25)15(18,19)20)12(21)7-13-4-9-1-10(5-13)3-11(2-9)6-13/h9-11H,1-8H2. The highest BCUT2D eigenvalue weighted by Crippen LogP contribution is 2.61. The molecule has 0 amide bonds. The quantitative estimate of drug-likeness (QED) is 0.595. The van der Waals surface area contributed by atoms with E-state index in [0.717, 1.165) is 19.3 Å². The molecule has 0 aromatic carbocycles. The summed E-state index contributed by atoms with van der Waals surface area (Å²) in [4.78, 5) is 12.1. The second kappa shape index (κ2) is 6.11. The van der Waals surface area contributed by atoms with Crippen molar-refractivity contribution in [2.24, 2.45) is 23.2 Å². The van der Waals surface area contributed by atoms with Gasteiger partial charge in [0.2, 0.25) is 15.6 Å². The number of hydrogen-bond acceptors (Lipinski definition) is 5. The predicted octanol–water partition coefficient (Wildman–Crippen LogP) is 3.06. The molecule has 4 rings (SSSR count). The number of halogens is 5. The third kappa shape index (κ3) is 3.63. The molecule has 0 radical (unpaired) electrons. The molecule has 0 unspecified atom stereocenters. The molecule has 4 bridgehead atoms. The first-order valence-electron chi connectivity index (χ1n) is 8.49. The topological polar surface area (TPSA) is 85.3 Å². The fourth-order valence-electron chi connectivity index (χ4n) is 5.47. The van der Waals surface area contributed by atoms with Crippen molar-refractivity contribution < 1.29 is 43.6 Å². The molecule has 0 aliphatic heterocycles. The van der Waals surface area contributed by atoms with Gasteiger partial charge >= 0.3 is 10.8 Å². The van der Waals surface area contributed by atoms with E-state index in [1.54, 1.807) is 0 Å². The number of ketones is 1. The second-order valence-electron chi connectivity index (χ2n) is 8.33. The summed E-state index contributed by atoms with van der Waals surface area (Å²) in [5.41, 5.74) is -6.76. The van der Waals surface area contributed by atoms with Gasteiger partial charge in [0, 0.05) is 6.42 Å². The molecule has 4 aliphatic carbocycles. The van der Waals surface area contributed by atoms with Crippen molar-refractivity contribution in [3.05, 3.63) is 0 Å². The van der Waals surface area contributed by atoms with E-state index < -0.39 is 53.1 Å². The molecule has 0 aromatic heterocycles. The number of rotatable bonds is 6. The Bertz CT molecular complexity index is 809. The Labute approximate surface area is 153 Å². The van der Waals surface area contributed by atoms with Gasteiger partial charge in [-0.3, -0.25) is 4.79 Å². The lowest BCUT2D eigenvalue weighted by molar-refractivity contribution is -0.141. The summed E-state index contributed by atoms with van der Waals surface area (Å²) in [5, 5.41) is -8.02. The summed E-state index contributed by atoms with van der Waals surface area (Å²) in [5.74, 6) is -1.14. The third-order valence-corrected chi connectivity index (χ3v) is 10.3. The van der Waals surface area contributed by atoms with Crippen molar-refractivity contribution in [1.29, 1.82) is 0 Å². The molecular weight excluding hydrogens is 419 g/mol. The zero-order valence-corrected chi connectivity index (χ0v) is 15.8. The normalized spacial score (nSPS) is 34.0. The van der Waals surface area contributed by atoms with Gasteiger partial charge in [-0.15, -0.1) is 0 Å². The van der Waals surface area contributed by atoms with Gasteiger partial charge in [0.25, 0.3) is 9.84 Å². The first-order chi connectivity index (χ1) is 12.1. The predicted molar refractivity (Wildman–Crippen MR) is 83.9 cm³/mol. The molecular formula is C15H19F5O5S2. The summed E-state index contributed by atoms with van der Waals surface area (Å²) in [7, 11) is -12.5. The number of Topliss-reactive ketones (excluding diaryl/α,β-unsaturated/α-hetero) is 1. The van der Waals surface area contributed by atoms with Gasteiger partial charge in [-0.25, -0.2) is 16.8 Å². The zero-order chi connectivity index (χ0) is 20.5. The van der Waals surface area contributed by atoms with Crippen LogP contribution < -0.4 is 0 Å². The van der Waals surface area contributed by atoms with Crippen LogP contribution in [0, 0.1) is 23.2 Å². The Kier molecular flexibility index (Phi) is 4.74. The molecule has 0 spiro atoms. The van der Waals surface area contributed by atoms with Crippen LogP contribution in [0.15, 0.2) is 0 Å². The summed E-state index contributed by atoms with van der Waals surface area (Å²) in [6.07, 6.45) is 3.64.